The van der Waals surface area contributed by atoms with Gasteiger partial charge >= 0.3 is 0 Å². The maximum absolute atomic E-state index is 11.7. The number of amides is 1. The van der Waals surface area contributed by atoms with Crippen molar-refractivity contribution in [1.82, 2.24) is 15.1 Å². The first-order chi connectivity index (χ1) is 7.63. The van der Waals surface area contributed by atoms with Gasteiger partial charge in [-0.05, 0) is 39.4 Å². The monoisotopic (exact) mass is 299 g/mol. The van der Waals surface area contributed by atoms with E-state index in [1.54, 1.807) is 0 Å². The Kier molecular flexibility index (Phi) is 12.2. The fourth-order valence-electron chi connectivity index (χ4n) is 2.33. The lowest BCUT2D eigenvalue weighted by Crippen LogP contribution is -2.40. The lowest BCUT2D eigenvalue weighted by molar-refractivity contribution is -0.130. The molecule has 4 nitrogen and oxygen atoms in total. The van der Waals surface area contributed by atoms with Crippen molar-refractivity contribution in [1.29, 1.82) is 0 Å². The predicted molar refractivity (Wildman–Crippen MR) is 80.9 cm³/mol. The van der Waals surface area contributed by atoms with Gasteiger partial charge in [-0.25, -0.2) is 0 Å². The number of carbonyl (C=O) groups excluding carboxylic acids is 1. The zero-order valence-corrected chi connectivity index (χ0v) is 13.3. The summed E-state index contributed by atoms with van der Waals surface area (Å²) in [7, 11) is 5.96. The van der Waals surface area contributed by atoms with E-state index in [1.165, 1.54) is 19.4 Å². The minimum atomic E-state index is 0. The number of rotatable bonds is 5. The highest BCUT2D eigenvalue weighted by Crippen LogP contribution is 2.15. The number of piperidine rings is 1. The first kappa shape index (κ1) is 20.3. The lowest BCUT2D eigenvalue weighted by Gasteiger charge is -2.32. The van der Waals surface area contributed by atoms with Crippen LogP contribution in [-0.4, -0.2) is 63.0 Å². The number of nitrogens with one attached hydrogen (secondary N) is 1. The topological polar surface area (TPSA) is 35.6 Å². The SMILES string of the molecule is CNCCC(=O)N(C)CC1CCCN(C)C1.Cl.Cl. The Labute approximate surface area is 123 Å². The second-order valence-electron chi connectivity index (χ2n) is 4.90. The van der Waals surface area contributed by atoms with Gasteiger partial charge in [0, 0.05) is 33.1 Å². The van der Waals surface area contributed by atoms with Crippen molar-refractivity contribution in [3.8, 4) is 0 Å². The second kappa shape index (κ2) is 10.9. The molecule has 1 fully saturated rings. The Morgan fingerprint density at radius 2 is 2.11 bits per heavy atom. The van der Waals surface area contributed by atoms with E-state index >= 15 is 0 Å². The zero-order valence-electron chi connectivity index (χ0n) is 11.6. The Morgan fingerprint density at radius 1 is 1.44 bits per heavy atom. The van der Waals surface area contributed by atoms with Crippen molar-refractivity contribution in [3.63, 3.8) is 0 Å². The fraction of sp³-hybridized carbons (Fsp3) is 0.917. The Balaban J connectivity index is 0. The van der Waals surface area contributed by atoms with Crippen LogP contribution in [0.3, 0.4) is 0 Å². The van der Waals surface area contributed by atoms with E-state index in [9.17, 15) is 4.79 Å². The summed E-state index contributed by atoms with van der Waals surface area (Å²) in [5.74, 6) is 0.907. The van der Waals surface area contributed by atoms with Crippen molar-refractivity contribution in [2.24, 2.45) is 5.92 Å². The van der Waals surface area contributed by atoms with Crippen LogP contribution in [0.2, 0.25) is 0 Å². The summed E-state index contributed by atoms with van der Waals surface area (Å²) >= 11 is 0. The second-order valence-corrected chi connectivity index (χ2v) is 4.90. The summed E-state index contributed by atoms with van der Waals surface area (Å²) in [5.41, 5.74) is 0. The quantitative estimate of drug-likeness (QED) is 0.830. The van der Waals surface area contributed by atoms with E-state index in [2.05, 4.69) is 17.3 Å². The third-order valence-electron chi connectivity index (χ3n) is 3.27. The number of nitrogens with zero attached hydrogens (tertiary/aromatic N) is 2. The minimum Gasteiger partial charge on any atom is -0.345 e. The lowest BCUT2D eigenvalue weighted by atomic mass is 9.98. The molecule has 1 amide bonds. The van der Waals surface area contributed by atoms with Gasteiger partial charge in [-0.1, -0.05) is 0 Å². The standard InChI is InChI=1S/C12H25N3O.2ClH/c1-13-7-6-12(16)15(3)10-11-5-4-8-14(2)9-11;;/h11,13H,4-10H2,1-3H3;2*1H. The van der Waals surface area contributed by atoms with Gasteiger partial charge in [-0.3, -0.25) is 4.79 Å². The summed E-state index contributed by atoms with van der Waals surface area (Å²) in [5, 5.41) is 3.01. The Hall–Kier alpha value is -0.0300. The molecule has 0 spiro atoms. The molecule has 0 saturated carbocycles. The number of hydrogen-bond acceptors (Lipinski definition) is 3. The molecule has 18 heavy (non-hydrogen) atoms. The van der Waals surface area contributed by atoms with Gasteiger partial charge in [0.25, 0.3) is 0 Å². The molecule has 1 unspecified atom stereocenters. The number of hydrogen-bond donors (Lipinski definition) is 1. The van der Waals surface area contributed by atoms with Crippen LogP contribution in [-0.2, 0) is 4.79 Å². The summed E-state index contributed by atoms with van der Waals surface area (Å²) in [6.07, 6.45) is 3.13. The summed E-state index contributed by atoms with van der Waals surface area (Å²) in [6.45, 7) is 4.01. The van der Waals surface area contributed by atoms with Gasteiger partial charge in [-0.15, -0.1) is 24.8 Å². The molecule has 0 aromatic carbocycles. The van der Waals surface area contributed by atoms with Crippen LogP contribution >= 0.6 is 24.8 Å². The van der Waals surface area contributed by atoms with Gasteiger partial charge in [-0.2, -0.15) is 0 Å². The third-order valence-corrected chi connectivity index (χ3v) is 3.27. The smallest absolute Gasteiger partial charge is 0.223 e. The Bertz CT molecular complexity index is 229. The minimum absolute atomic E-state index is 0. The van der Waals surface area contributed by atoms with Crippen molar-refractivity contribution in [2.75, 3.05) is 47.3 Å². The average molecular weight is 300 g/mol. The van der Waals surface area contributed by atoms with Gasteiger partial charge in [0.1, 0.15) is 0 Å². The molecular weight excluding hydrogens is 273 g/mol. The molecule has 0 aromatic heterocycles. The maximum Gasteiger partial charge on any atom is 0.223 e. The third kappa shape index (κ3) is 7.41. The number of likely N-dealkylation sites (tertiary alicyclic amines) is 1. The van der Waals surface area contributed by atoms with Crippen LogP contribution in [0.5, 0.6) is 0 Å². The van der Waals surface area contributed by atoms with Crippen LogP contribution in [0, 0.1) is 5.92 Å². The van der Waals surface area contributed by atoms with Crippen LogP contribution < -0.4 is 5.32 Å². The van der Waals surface area contributed by atoms with Gasteiger partial charge in [0.2, 0.25) is 5.91 Å². The molecule has 1 heterocycles. The van der Waals surface area contributed by atoms with E-state index in [0.29, 0.717) is 12.3 Å². The normalized spacial score (nSPS) is 19.6. The maximum atomic E-state index is 11.7. The molecule has 0 radical (unpaired) electrons. The molecule has 1 N–H and O–H groups in total. The molecule has 1 atom stereocenters. The van der Waals surface area contributed by atoms with Gasteiger partial charge in [0.15, 0.2) is 0 Å². The summed E-state index contributed by atoms with van der Waals surface area (Å²) < 4.78 is 0. The molecular formula is C12H27Cl2N3O. The van der Waals surface area contributed by atoms with Crippen molar-refractivity contribution >= 4 is 30.7 Å². The molecule has 0 bridgehead atoms. The van der Waals surface area contributed by atoms with E-state index in [0.717, 1.165) is 19.6 Å². The first-order valence-electron chi connectivity index (χ1n) is 6.20. The molecule has 1 aliphatic rings. The molecule has 0 aliphatic carbocycles. The van der Waals surface area contributed by atoms with E-state index < -0.39 is 0 Å². The van der Waals surface area contributed by atoms with Crippen LogP contribution in [0.25, 0.3) is 0 Å². The molecule has 6 heteroatoms. The highest BCUT2D eigenvalue weighted by Gasteiger charge is 2.20. The molecule has 0 aromatic rings. The summed E-state index contributed by atoms with van der Waals surface area (Å²) in [4.78, 5) is 16.0. The Morgan fingerprint density at radius 3 is 2.67 bits per heavy atom. The van der Waals surface area contributed by atoms with Crippen molar-refractivity contribution in [3.05, 3.63) is 0 Å². The summed E-state index contributed by atoms with van der Waals surface area (Å²) in [6, 6.07) is 0. The van der Waals surface area contributed by atoms with E-state index in [1.807, 2.05) is 19.0 Å². The number of carbonyl (C=O) groups is 1. The van der Waals surface area contributed by atoms with Crippen molar-refractivity contribution in [2.45, 2.75) is 19.3 Å². The van der Waals surface area contributed by atoms with Gasteiger partial charge in [0.05, 0.1) is 0 Å². The highest BCUT2D eigenvalue weighted by molar-refractivity contribution is 5.85. The molecule has 1 rings (SSSR count). The van der Waals surface area contributed by atoms with E-state index in [-0.39, 0.29) is 30.7 Å². The zero-order chi connectivity index (χ0) is 12.0. The van der Waals surface area contributed by atoms with E-state index in [4.69, 9.17) is 0 Å². The molecule has 1 aliphatic heterocycles. The average Bonchev–Trinajstić information content (AvgIpc) is 2.25. The highest BCUT2D eigenvalue weighted by atomic mass is 35.5. The van der Waals surface area contributed by atoms with Crippen LogP contribution in [0.15, 0.2) is 0 Å². The van der Waals surface area contributed by atoms with Crippen LogP contribution in [0.4, 0.5) is 0 Å². The first-order valence-corrected chi connectivity index (χ1v) is 6.20. The van der Waals surface area contributed by atoms with Crippen LogP contribution in [0.1, 0.15) is 19.3 Å². The van der Waals surface area contributed by atoms with Gasteiger partial charge < -0.3 is 15.1 Å². The van der Waals surface area contributed by atoms with Crippen molar-refractivity contribution < 1.29 is 4.79 Å². The molecule has 1 saturated heterocycles. The largest absolute Gasteiger partial charge is 0.345 e. The predicted octanol–water partition coefficient (Wildman–Crippen LogP) is 1.24. The fourth-order valence-corrected chi connectivity index (χ4v) is 2.33. The number of halogens is 2. The molecule has 110 valence electrons.